The minimum absolute atomic E-state index is 0.0863. The number of aryl methyl sites for hydroxylation is 1. The molecule has 0 bridgehead atoms. The predicted octanol–water partition coefficient (Wildman–Crippen LogP) is 3.02. The number of carbonyl (C=O) groups excluding carboxylic acids is 4. The highest BCUT2D eigenvalue weighted by atomic mass is 16.5. The van der Waals surface area contributed by atoms with Crippen LogP contribution in [0.25, 0.3) is 0 Å². The Kier molecular flexibility index (Phi) is 13.5. The fourth-order valence-corrected chi connectivity index (χ4v) is 5.22. The smallest absolute Gasteiger partial charge is 0.328 e. The Hall–Kier alpha value is -3.72. The molecule has 9 heteroatoms. The highest BCUT2D eigenvalue weighted by molar-refractivity contribution is 5.93. The third-order valence-corrected chi connectivity index (χ3v) is 7.46. The highest BCUT2D eigenvalue weighted by Gasteiger charge is 2.31. The normalized spacial score (nSPS) is 15.7. The zero-order valence-electron chi connectivity index (χ0n) is 25.1. The Morgan fingerprint density at radius 3 is 1.93 bits per heavy atom. The summed E-state index contributed by atoms with van der Waals surface area (Å²) in [6.07, 6.45) is 4.89. The van der Waals surface area contributed by atoms with Gasteiger partial charge in [0.2, 0.25) is 17.7 Å². The van der Waals surface area contributed by atoms with E-state index in [2.05, 4.69) is 20.9 Å². The molecule has 3 amide bonds. The van der Waals surface area contributed by atoms with Crippen LogP contribution >= 0.6 is 0 Å². The maximum Gasteiger partial charge on any atom is 0.328 e. The SMILES string of the molecule is COC(=O)[C@H](Cc1ccccc1)NC(=O)[C@H](CC(C)C)NC(=O)C(CCc1ccccc1)NC(=O)CN1CCCCC1. The van der Waals surface area contributed by atoms with Crippen molar-refractivity contribution in [3.05, 3.63) is 71.8 Å². The molecule has 0 aliphatic carbocycles. The lowest BCUT2D eigenvalue weighted by Gasteiger charge is -2.28. The summed E-state index contributed by atoms with van der Waals surface area (Å²) < 4.78 is 4.95. The van der Waals surface area contributed by atoms with Gasteiger partial charge in [-0.25, -0.2) is 4.79 Å². The predicted molar refractivity (Wildman–Crippen MR) is 162 cm³/mol. The molecule has 1 saturated heterocycles. The number of nitrogens with zero attached hydrogens (tertiary/aromatic N) is 1. The number of methoxy groups -OCH3 is 1. The minimum Gasteiger partial charge on any atom is -0.467 e. The number of amides is 3. The quantitative estimate of drug-likeness (QED) is 0.280. The molecule has 2 aromatic rings. The van der Waals surface area contributed by atoms with E-state index in [9.17, 15) is 19.2 Å². The second kappa shape index (κ2) is 17.3. The maximum absolute atomic E-state index is 13.6. The standard InChI is InChI=1S/C33H46N4O5/c1-24(2)21-28(32(40)36-29(33(41)42-3)22-26-15-9-5-10-16-26)35-31(39)27(18-17-25-13-7-4-8-14-25)34-30(38)23-37-19-11-6-12-20-37/h4-5,7-10,13-16,24,27-29H,6,11-12,17-23H2,1-3H3,(H,34,38)(H,35,39)(H,36,40)/t27?,28-,29-/m0/s1. The monoisotopic (exact) mass is 578 g/mol. The van der Waals surface area contributed by atoms with Crippen LogP contribution < -0.4 is 16.0 Å². The molecular formula is C33H46N4O5. The van der Waals surface area contributed by atoms with Crippen LogP contribution in [0.1, 0.15) is 57.1 Å². The molecule has 1 unspecified atom stereocenters. The summed E-state index contributed by atoms with van der Waals surface area (Å²) in [5, 5.41) is 8.62. The molecule has 1 aliphatic heterocycles. The van der Waals surface area contributed by atoms with Crippen molar-refractivity contribution in [3.63, 3.8) is 0 Å². The van der Waals surface area contributed by atoms with Crippen molar-refractivity contribution in [1.82, 2.24) is 20.9 Å². The molecule has 0 spiro atoms. The maximum atomic E-state index is 13.6. The number of carbonyl (C=O) groups is 4. The average Bonchev–Trinajstić information content (AvgIpc) is 2.99. The average molecular weight is 579 g/mol. The van der Waals surface area contributed by atoms with Crippen LogP contribution in [0.5, 0.6) is 0 Å². The second-order valence-electron chi connectivity index (χ2n) is 11.4. The topological polar surface area (TPSA) is 117 Å². The second-order valence-corrected chi connectivity index (χ2v) is 11.4. The lowest BCUT2D eigenvalue weighted by Crippen LogP contribution is -2.57. The first kappa shape index (κ1) is 32.8. The van der Waals surface area contributed by atoms with Gasteiger partial charge in [0.05, 0.1) is 13.7 Å². The molecule has 228 valence electrons. The van der Waals surface area contributed by atoms with Gasteiger partial charge in [-0.3, -0.25) is 19.3 Å². The Morgan fingerprint density at radius 1 is 0.762 bits per heavy atom. The molecule has 42 heavy (non-hydrogen) atoms. The molecule has 0 aromatic heterocycles. The molecule has 3 atom stereocenters. The summed E-state index contributed by atoms with van der Waals surface area (Å²) in [6, 6.07) is 16.5. The van der Waals surface area contributed by atoms with E-state index in [1.807, 2.05) is 74.5 Å². The van der Waals surface area contributed by atoms with Crippen molar-refractivity contribution in [3.8, 4) is 0 Å². The largest absolute Gasteiger partial charge is 0.467 e. The van der Waals surface area contributed by atoms with Gasteiger partial charge in [-0.15, -0.1) is 0 Å². The number of rotatable bonds is 15. The van der Waals surface area contributed by atoms with E-state index in [1.54, 1.807) is 0 Å². The lowest BCUT2D eigenvalue weighted by atomic mass is 10.00. The van der Waals surface area contributed by atoms with Gasteiger partial charge >= 0.3 is 5.97 Å². The third-order valence-electron chi connectivity index (χ3n) is 7.46. The van der Waals surface area contributed by atoms with Crippen LogP contribution in [0.4, 0.5) is 0 Å². The third kappa shape index (κ3) is 11.3. The van der Waals surface area contributed by atoms with Gasteiger partial charge in [0.25, 0.3) is 0 Å². The summed E-state index contributed by atoms with van der Waals surface area (Å²) in [5.41, 5.74) is 1.92. The van der Waals surface area contributed by atoms with E-state index < -0.39 is 35.9 Å². The molecule has 2 aromatic carbocycles. The first-order valence-corrected chi connectivity index (χ1v) is 15.0. The summed E-state index contributed by atoms with van der Waals surface area (Å²) in [5.74, 6) is -1.57. The molecule has 1 heterocycles. The molecule has 1 fully saturated rings. The Morgan fingerprint density at radius 2 is 1.33 bits per heavy atom. The number of likely N-dealkylation sites (tertiary alicyclic amines) is 1. The van der Waals surface area contributed by atoms with Crippen LogP contribution in [-0.2, 0) is 36.8 Å². The summed E-state index contributed by atoms with van der Waals surface area (Å²) >= 11 is 0. The fourth-order valence-electron chi connectivity index (χ4n) is 5.22. The molecule has 9 nitrogen and oxygen atoms in total. The van der Waals surface area contributed by atoms with Gasteiger partial charge in [-0.1, -0.05) is 80.9 Å². The molecular weight excluding hydrogens is 532 g/mol. The number of hydrogen-bond acceptors (Lipinski definition) is 6. The van der Waals surface area contributed by atoms with Crippen LogP contribution in [0, 0.1) is 5.92 Å². The lowest BCUT2D eigenvalue weighted by molar-refractivity contribution is -0.145. The van der Waals surface area contributed by atoms with E-state index in [-0.39, 0.29) is 24.8 Å². The fraction of sp³-hybridized carbons (Fsp3) is 0.515. The number of hydrogen-bond donors (Lipinski definition) is 3. The number of piperidine rings is 1. The van der Waals surface area contributed by atoms with Crippen molar-refractivity contribution >= 4 is 23.7 Å². The summed E-state index contributed by atoms with van der Waals surface area (Å²) in [7, 11) is 1.28. The van der Waals surface area contributed by atoms with E-state index >= 15 is 0 Å². The summed E-state index contributed by atoms with van der Waals surface area (Å²) in [4.78, 5) is 54.8. The zero-order valence-corrected chi connectivity index (χ0v) is 25.1. The van der Waals surface area contributed by atoms with Crippen molar-refractivity contribution < 1.29 is 23.9 Å². The Bertz CT molecular complexity index is 1140. The van der Waals surface area contributed by atoms with Crippen LogP contribution in [0.3, 0.4) is 0 Å². The van der Waals surface area contributed by atoms with Crippen molar-refractivity contribution in [2.24, 2.45) is 5.92 Å². The van der Waals surface area contributed by atoms with Gasteiger partial charge < -0.3 is 20.7 Å². The van der Waals surface area contributed by atoms with Gasteiger partial charge in [0.1, 0.15) is 18.1 Å². The van der Waals surface area contributed by atoms with Gasteiger partial charge in [-0.05, 0) is 62.2 Å². The highest BCUT2D eigenvalue weighted by Crippen LogP contribution is 2.12. The number of benzene rings is 2. The molecule has 3 rings (SSSR count). The first-order valence-electron chi connectivity index (χ1n) is 15.0. The zero-order chi connectivity index (χ0) is 30.3. The number of esters is 1. The van der Waals surface area contributed by atoms with Gasteiger partial charge in [0.15, 0.2) is 0 Å². The van der Waals surface area contributed by atoms with Crippen LogP contribution in [0.2, 0.25) is 0 Å². The van der Waals surface area contributed by atoms with E-state index in [4.69, 9.17) is 4.74 Å². The molecule has 0 saturated carbocycles. The van der Waals surface area contributed by atoms with E-state index in [0.717, 1.165) is 37.1 Å². The molecule has 1 aliphatic rings. The van der Waals surface area contributed by atoms with Crippen molar-refractivity contribution in [2.45, 2.75) is 76.9 Å². The van der Waals surface area contributed by atoms with E-state index in [0.29, 0.717) is 19.3 Å². The Balaban J connectivity index is 1.72. The Labute approximate surface area is 249 Å². The summed E-state index contributed by atoms with van der Waals surface area (Å²) in [6.45, 7) is 5.90. The molecule has 3 N–H and O–H groups in total. The van der Waals surface area contributed by atoms with Crippen molar-refractivity contribution in [2.75, 3.05) is 26.7 Å². The first-order chi connectivity index (χ1) is 20.2. The van der Waals surface area contributed by atoms with Crippen LogP contribution in [-0.4, -0.2) is 73.5 Å². The number of nitrogens with one attached hydrogen (secondary N) is 3. The number of ether oxygens (including phenoxy) is 1. The van der Waals surface area contributed by atoms with Crippen LogP contribution in [0.15, 0.2) is 60.7 Å². The van der Waals surface area contributed by atoms with Crippen molar-refractivity contribution in [1.29, 1.82) is 0 Å². The van der Waals surface area contributed by atoms with Gasteiger partial charge in [0, 0.05) is 6.42 Å². The van der Waals surface area contributed by atoms with Gasteiger partial charge in [-0.2, -0.15) is 0 Å². The molecule has 0 radical (unpaired) electrons. The van der Waals surface area contributed by atoms with E-state index in [1.165, 1.54) is 13.5 Å². The minimum atomic E-state index is -0.908.